The highest BCUT2D eigenvalue weighted by Gasteiger charge is 2.70. The number of hydrogen-bond donors (Lipinski definition) is 1. The van der Waals surface area contributed by atoms with E-state index in [1.807, 2.05) is 30.3 Å². The third-order valence-electron chi connectivity index (χ3n) is 6.35. The van der Waals surface area contributed by atoms with E-state index in [1.54, 1.807) is 0 Å². The van der Waals surface area contributed by atoms with Gasteiger partial charge >= 0.3 is 0 Å². The molecule has 20 heavy (non-hydrogen) atoms. The number of furan rings is 1. The maximum atomic E-state index is 11.6. The van der Waals surface area contributed by atoms with Crippen molar-refractivity contribution in [2.24, 2.45) is 16.7 Å². The fraction of sp³-hybridized carbons (Fsp3) is 0.556. The van der Waals surface area contributed by atoms with Crippen LogP contribution in [-0.2, 0) is 5.60 Å². The molecule has 1 aromatic heterocycles. The zero-order chi connectivity index (χ0) is 14.2. The van der Waals surface area contributed by atoms with Gasteiger partial charge in [-0.2, -0.15) is 0 Å². The summed E-state index contributed by atoms with van der Waals surface area (Å²) in [6.45, 7) is 6.64. The maximum Gasteiger partial charge on any atom is 0.138 e. The Bertz CT molecular complexity index is 644. The van der Waals surface area contributed by atoms with Crippen LogP contribution in [0.5, 0.6) is 0 Å². The second-order valence-electron chi connectivity index (χ2n) is 7.58. The maximum absolute atomic E-state index is 11.6. The highest BCUT2D eigenvalue weighted by Crippen LogP contribution is 2.71. The fourth-order valence-corrected chi connectivity index (χ4v) is 5.03. The number of benzene rings is 1. The van der Waals surface area contributed by atoms with Crippen molar-refractivity contribution >= 4 is 11.0 Å². The van der Waals surface area contributed by atoms with E-state index in [4.69, 9.17) is 4.42 Å². The van der Waals surface area contributed by atoms with Gasteiger partial charge in [0.15, 0.2) is 0 Å². The summed E-state index contributed by atoms with van der Waals surface area (Å²) in [5, 5.41) is 12.7. The normalized spacial score (nSPS) is 38.7. The first-order chi connectivity index (χ1) is 9.38. The summed E-state index contributed by atoms with van der Waals surface area (Å²) in [5.41, 5.74) is -0.177. The monoisotopic (exact) mass is 270 g/mol. The summed E-state index contributed by atoms with van der Waals surface area (Å²) in [5.74, 6) is 1.35. The summed E-state index contributed by atoms with van der Waals surface area (Å²) >= 11 is 0. The van der Waals surface area contributed by atoms with Crippen molar-refractivity contribution in [1.29, 1.82) is 0 Å². The molecule has 106 valence electrons. The molecular formula is C18H22O2. The van der Waals surface area contributed by atoms with E-state index >= 15 is 0 Å². The van der Waals surface area contributed by atoms with Crippen LogP contribution in [0.2, 0.25) is 0 Å². The van der Waals surface area contributed by atoms with Crippen LogP contribution in [-0.4, -0.2) is 5.11 Å². The predicted octanol–water partition coefficient (Wildman–Crippen LogP) is 4.47. The van der Waals surface area contributed by atoms with Gasteiger partial charge in [-0.05, 0) is 37.3 Å². The summed E-state index contributed by atoms with van der Waals surface area (Å²) < 4.78 is 6.06. The van der Waals surface area contributed by atoms with Crippen LogP contribution in [0, 0.1) is 16.7 Å². The van der Waals surface area contributed by atoms with E-state index in [-0.39, 0.29) is 10.8 Å². The first-order valence-electron chi connectivity index (χ1n) is 7.60. The minimum atomic E-state index is -0.859. The Balaban J connectivity index is 1.95. The summed E-state index contributed by atoms with van der Waals surface area (Å²) in [6, 6.07) is 10.1. The van der Waals surface area contributed by atoms with Gasteiger partial charge < -0.3 is 9.52 Å². The topological polar surface area (TPSA) is 33.4 Å². The lowest BCUT2D eigenvalue weighted by Crippen LogP contribution is -2.51. The average Bonchev–Trinajstić information content (AvgIpc) is 3.04. The molecule has 2 fully saturated rings. The van der Waals surface area contributed by atoms with Gasteiger partial charge in [0, 0.05) is 16.2 Å². The van der Waals surface area contributed by atoms with E-state index in [9.17, 15) is 5.11 Å². The van der Waals surface area contributed by atoms with Crippen molar-refractivity contribution in [2.45, 2.75) is 45.6 Å². The predicted molar refractivity (Wildman–Crippen MR) is 79.3 cm³/mol. The molecule has 2 heteroatoms. The van der Waals surface area contributed by atoms with Gasteiger partial charge in [0.1, 0.15) is 16.9 Å². The van der Waals surface area contributed by atoms with E-state index in [0.29, 0.717) is 5.92 Å². The number of fused-ring (bicyclic) bond motifs is 3. The molecule has 0 saturated heterocycles. The van der Waals surface area contributed by atoms with Crippen molar-refractivity contribution in [3.8, 4) is 0 Å². The SMILES string of the molecule is CC12CCC(C1)C(C)(C)C2(O)c1cc2ccccc2o1. The van der Waals surface area contributed by atoms with Gasteiger partial charge in [0.05, 0.1) is 0 Å². The van der Waals surface area contributed by atoms with E-state index < -0.39 is 5.60 Å². The lowest BCUT2D eigenvalue weighted by atomic mass is 9.59. The number of rotatable bonds is 1. The third-order valence-corrected chi connectivity index (χ3v) is 6.35. The van der Waals surface area contributed by atoms with Crippen molar-refractivity contribution in [1.82, 2.24) is 0 Å². The Hall–Kier alpha value is -1.28. The van der Waals surface area contributed by atoms with E-state index in [2.05, 4.69) is 20.8 Å². The largest absolute Gasteiger partial charge is 0.458 e. The van der Waals surface area contributed by atoms with Gasteiger partial charge in [-0.3, -0.25) is 0 Å². The first-order valence-corrected chi connectivity index (χ1v) is 7.60. The summed E-state index contributed by atoms with van der Waals surface area (Å²) in [4.78, 5) is 0. The van der Waals surface area contributed by atoms with Crippen LogP contribution in [0.1, 0.15) is 45.8 Å². The van der Waals surface area contributed by atoms with Gasteiger partial charge in [-0.25, -0.2) is 0 Å². The van der Waals surface area contributed by atoms with Gasteiger partial charge in [-0.15, -0.1) is 0 Å². The highest BCUT2D eigenvalue weighted by atomic mass is 16.4. The van der Waals surface area contributed by atoms with Gasteiger partial charge in [0.2, 0.25) is 0 Å². The Kier molecular flexibility index (Phi) is 2.17. The number of para-hydroxylation sites is 1. The Morgan fingerprint density at radius 1 is 1.20 bits per heavy atom. The van der Waals surface area contributed by atoms with E-state index in [1.165, 1.54) is 6.42 Å². The molecule has 3 atom stereocenters. The zero-order valence-corrected chi connectivity index (χ0v) is 12.4. The van der Waals surface area contributed by atoms with Crippen LogP contribution in [0.25, 0.3) is 11.0 Å². The summed E-state index contributed by atoms with van der Waals surface area (Å²) in [7, 11) is 0. The molecule has 4 rings (SSSR count). The fourth-order valence-electron chi connectivity index (χ4n) is 5.03. The Morgan fingerprint density at radius 2 is 1.95 bits per heavy atom. The summed E-state index contributed by atoms with van der Waals surface area (Å²) in [6.07, 6.45) is 3.42. The second kappa shape index (κ2) is 3.48. The van der Waals surface area contributed by atoms with Crippen molar-refractivity contribution < 1.29 is 9.52 Å². The third kappa shape index (κ3) is 1.20. The smallest absolute Gasteiger partial charge is 0.138 e. The van der Waals surface area contributed by atoms with Gasteiger partial charge in [0.25, 0.3) is 0 Å². The van der Waals surface area contributed by atoms with Crippen molar-refractivity contribution in [2.75, 3.05) is 0 Å². The molecule has 2 nitrogen and oxygen atoms in total. The van der Waals surface area contributed by atoms with Crippen molar-refractivity contribution in [3.63, 3.8) is 0 Å². The number of aliphatic hydroxyl groups is 1. The molecule has 1 N–H and O–H groups in total. The van der Waals surface area contributed by atoms with Crippen LogP contribution < -0.4 is 0 Å². The Labute approximate surface area is 119 Å². The molecule has 1 aromatic carbocycles. The zero-order valence-electron chi connectivity index (χ0n) is 12.4. The molecule has 2 saturated carbocycles. The molecule has 0 amide bonds. The van der Waals surface area contributed by atoms with Gasteiger partial charge in [-0.1, -0.05) is 39.0 Å². The lowest BCUT2D eigenvalue weighted by molar-refractivity contribution is -0.162. The molecule has 0 spiro atoms. The molecule has 3 unspecified atom stereocenters. The molecule has 2 aliphatic carbocycles. The minimum Gasteiger partial charge on any atom is -0.458 e. The second-order valence-corrected chi connectivity index (χ2v) is 7.58. The standard InChI is InChI=1S/C18H22O2/c1-16(2)13-8-9-17(3,11-13)18(16,19)15-10-12-6-4-5-7-14(12)20-15/h4-7,10,13,19H,8-9,11H2,1-3H3. The van der Waals surface area contributed by atoms with Crippen LogP contribution in [0.4, 0.5) is 0 Å². The highest BCUT2D eigenvalue weighted by molar-refractivity contribution is 5.78. The molecule has 0 radical (unpaired) electrons. The molecule has 1 heterocycles. The van der Waals surface area contributed by atoms with Crippen molar-refractivity contribution in [3.05, 3.63) is 36.1 Å². The van der Waals surface area contributed by atoms with Crippen LogP contribution in [0.15, 0.2) is 34.7 Å². The first kappa shape index (κ1) is 12.5. The molecule has 2 aromatic rings. The van der Waals surface area contributed by atoms with E-state index in [0.717, 1.165) is 29.6 Å². The lowest BCUT2D eigenvalue weighted by Gasteiger charge is -2.49. The quantitative estimate of drug-likeness (QED) is 0.829. The minimum absolute atomic E-state index is 0.0605. The van der Waals surface area contributed by atoms with Crippen LogP contribution >= 0.6 is 0 Å². The molecule has 2 aliphatic rings. The average molecular weight is 270 g/mol. The molecular weight excluding hydrogens is 248 g/mol. The van der Waals surface area contributed by atoms with Crippen LogP contribution in [0.3, 0.4) is 0 Å². The molecule has 2 bridgehead atoms. The Morgan fingerprint density at radius 3 is 2.60 bits per heavy atom. The molecule has 0 aliphatic heterocycles. The number of hydrogen-bond acceptors (Lipinski definition) is 2.